The molecule has 2 bridgehead atoms. The zero-order valence-corrected chi connectivity index (χ0v) is 13.5. The van der Waals surface area contributed by atoms with Crippen LogP contribution in [0.1, 0.15) is 44.0 Å². The third-order valence-corrected chi connectivity index (χ3v) is 5.63. The van der Waals surface area contributed by atoms with Gasteiger partial charge in [0.25, 0.3) is 0 Å². The van der Waals surface area contributed by atoms with E-state index in [1.54, 1.807) is 0 Å². The lowest BCUT2D eigenvalue weighted by Crippen LogP contribution is -2.49. The Morgan fingerprint density at radius 3 is 2.62 bits per heavy atom. The highest BCUT2D eigenvalue weighted by Crippen LogP contribution is 2.39. The lowest BCUT2D eigenvalue weighted by Gasteiger charge is -2.39. The minimum absolute atomic E-state index is 0.364. The quantitative estimate of drug-likeness (QED) is 0.637. The first kappa shape index (κ1) is 15.0. The SMILES string of the molecule is CCn1nc(C)cc1CC(NN)C1CC2CCC(C1)N2C. The maximum absolute atomic E-state index is 5.90. The average molecular weight is 291 g/mol. The summed E-state index contributed by atoms with van der Waals surface area (Å²) in [6, 6.07) is 4.10. The van der Waals surface area contributed by atoms with Gasteiger partial charge in [-0.1, -0.05) is 0 Å². The lowest BCUT2D eigenvalue weighted by atomic mass is 9.83. The topological polar surface area (TPSA) is 59.1 Å². The number of rotatable bonds is 5. The number of hydrogen-bond acceptors (Lipinski definition) is 4. The van der Waals surface area contributed by atoms with E-state index in [0.29, 0.717) is 12.0 Å². The van der Waals surface area contributed by atoms with Gasteiger partial charge in [0.05, 0.1) is 5.69 Å². The van der Waals surface area contributed by atoms with Gasteiger partial charge in [-0.25, -0.2) is 0 Å². The van der Waals surface area contributed by atoms with Crippen LogP contribution in [0.25, 0.3) is 0 Å². The molecule has 3 heterocycles. The highest BCUT2D eigenvalue weighted by molar-refractivity contribution is 5.11. The van der Waals surface area contributed by atoms with Crippen molar-refractivity contribution in [1.29, 1.82) is 0 Å². The Kier molecular flexibility index (Phi) is 4.33. The van der Waals surface area contributed by atoms with E-state index in [4.69, 9.17) is 5.84 Å². The smallest absolute Gasteiger partial charge is 0.0596 e. The zero-order chi connectivity index (χ0) is 15.0. The fraction of sp³-hybridized carbons (Fsp3) is 0.812. The minimum Gasteiger partial charge on any atom is -0.300 e. The first-order valence-electron chi connectivity index (χ1n) is 8.33. The Labute approximate surface area is 127 Å². The van der Waals surface area contributed by atoms with E-state index in [2.05, 4.69) is 47.1 Å². The van der Waals surface area contributed by atoms with E-state index in [0.717, 1.165) is 30.7 Å². The van der Waals surface area contributed by atoms with Crippen molar-refractivity contribution in [2.45, 2.75) is 70.6 Å². The molecular formula is C16H29N5. The monoisotopic (exact) mass is 291 g/mol. The van der Waals surface area contributed by atoms with Crippen molar-refractivity contribution >= 4 is 0 Å². The maximum Gasteiger partial charge on any atom is 0.0596 e. The van der Waals surface area contributed by atoms with Gasteiger partial charge in [0.1, 0.15) is 0 Å². The molecule has 5 heteroatoms. The largest absolute Gasteiger partial charge is 0.300 e. The van der Waals surface area contributed by atoms with Gasteiger partial charge in [-0.05, 0) is 58.6 Å². The Morgan fingerprint density at radius 1 is 1.38 bits per heavy atom. The molecule has 2 aliphatic rings. The van der Waals surface area contributed by atoms with E-state index < -0.39 is 0 Å². The highest BCUT2D eigenvalue weighted by Gasteiger charge is 2.40. The van der Waals surface area contributed by atoms with Crippen LogP contribution < -0.4 is 11.3 Å². The summed E-state index contributed by atoms with van der Waals surface area (Å²) in [4.78, 5) is 2.59. The number of piperidine rings is 1. The molecule has 3 atom stereocenters. The summed E-state index contributed by atoms with van der Waals surface area (Å²) in [6.07, 6.45) is 6.27. The van der Waals surface area contributed by atoms with Gasteiger partial charge in [0.15, 0.2) is 0 Å². The van der Waals surface area contributed by atoms with Crippen LogP contribution >= 0.6 is 0 Å². The fourth-order valence-corrected chi connectivity index (χ4v) is 4.41. The molecule has 3 unspecified atom stereocenters. The van der Waals surface area contributed by atoms with Gasteiger partial charge >= 0.3 is 0 Å². The second-order valence-electron chi connectivity index (χ2n) is 6.85. The molecule has 0 aliphatic carbocycles. The van der Waals surface area contributed by atoms with Crippen LogP contribution in [0.3, 0.4) is 0 Å². The summed E-state index contributed by atoms with van der Waals surface area (Å²) in [7, 11) is 2.29. The predicted octanol–water partition coefficient (Wildman–Crippen LogP) is 1.46. The summed E-state index contributed by atoms with van der Waals surface area (Å²) >= 11 is 0. The van der Waals surface area contributed by atoms with Crippen molar-refractivity contribution in [3.63, 3.8) is 0 Å². The standard InChI is InChI=1S/C16H29N5/c1-4-21-15(7-11(2)19-21)10-16(18-17)12-8-13-5-6-14(9-12)20(13)3/h7,12-14,16,18H,4-6,8-10,17H2,1-3H3. The van der Waals surface area contributed by atoms with E-state index in [1.165, 1.54) is 31.4 Å². The fourth-order valence-electron chi connectivity index (χ4n) is 4.41. The summed E-state index contributed by atoms with van der Waals surface area (Å²) in [6.45, 7) is 5.14. The molecule has 0 saturated carbocycles. The van der Waals surface area contributed by atoms with Crippen LogP contribution in [-0.4, -0.2) is 39.9 Å². The van der Waals surface area contributed by atoms with Gasteiger partial charge in [-0.3, -0.25) is 16.0 Å². The molecule has 0 radical (unpaired) electrons. The van der Waals surface area contributed by atoms with Crippen LogP contribution in [0.4, 0.5) is 0 Å². The maximum atomic E-state index is 5.90. The van der Waals surface area contributed by atoms with Gasteiger partial charge < -0.3 is 4.90 Å². The lowest BCUT2D eigenvalue weighted by molar-refractivity contribution is 0.112. The Morgan fingerprint density at radius 2 is 2.05 bits per heavy atom. The van der Waals surface area contributed by atoms with Gasteiger partial charge in [0, 0.05) is 36.8 Å². The number of nitrogens with one attached hydrogen (secondary N) is 1. The van der Waals surface area contributed by atoms with Crippen molar-refractivity contribution in [3.8, 4) is 0 Å². The van der Waals surface area contributed by atoms with Gasteiger partial charge in [-0.15, -0.1) is 0 Å². The first-order chi connectivity index (χ1) is 10.1. The van der Waals surface area contributed by atoms with Crippen molar-refractivity contribution in [1.82, 2.24) is 20.1 Å². The number of hydrazine groups is 1. The normalized spacial score (nSPS) is 30.8. The molecule has 0 aromatic carbocycles. The van der Waals surface area contributed by atoms with Crippen LogP contribution in [0.15, 0.2) is 6.07 Å². The average Bonchev–Trinajstić information content (AvgIpc) is 2.90. The number of aromatic nitrogens is 2. The molecule has 2 saturated heterocycles. The highest BCUT2D eigenvalue weighted by atomic mass is 15.3. The molecule has 5 nitrogen and oxygen atoms in total. The summed E-state index contributed by atoms with van der Waals surface area (Å²) in [5.41, 5.74) is 5.52. The van der Waals surface area contributed by atoms with E-state index in [1.807, 2.05) is 0 Å². The third kappa shape index (κ3) is 2.87. The molecule has 2 fully saturated rings. The molecule has 1 aromatic heterocycles. The molecule has 21 heavy (non-hydrogen) atoms. The Bertz CT molecular complexity index is 469. The van der Waals surface area contributed by atoms with E-state index >= 15 is 0 Å². The minimum atomic E-state index is 0.364. The predicted molar refractivity (Wildman–Crippen MR) is 84.8 cm³/mol. The number of hydrogen-bond donors (Lipinski definition) is 2. The molecule has 0 amide bonds. The third-order valence-electron chi connectivity index (χ3n) is 5.63. The Hall–Kier alpha value is -0.910. The number of aryl methyl sites for hydroxylation is 2. The molecule has 3 rings (SSSR count). The van der Waals surface area contributed by atoms with E-state index in [-0.39, 0.29) is 0 Å². The summed E-state index contributed by atoms with van der Waals surface area (Å²) < 4.78 is 2.11. The molecule has 3 N–H and O–H groups in total. The van der Waals surface area contributed by atoms with Crippen molar-refractivity contribution in [2.75, 3.05) is 7.05 Å². The van der Waals surface area contributed by atoms with E-state index in [9.17, 15) is 0 Å². The first-order valence-corrected chi connectivity index (χ1v) is 8.33. The molecule has 0 spiro atoms. The second kappa shape index (κ2) is 6.07. The van der Waals surface area contributed by atoms with Gasteiger partial charge in [-0.2, -0.15) is 5.10 Å². The number of nitrogens with zero attached hydrogens (tertiary/aromatic N) is 3. The van der Waals surface area contributed by atoms with Crippen molar-refractivity contribution in [3.05, 3.63) is 17.5 Å². The zero-order valence-electron chi connectivity index (χ0n) is 13.5. The van der Waals surface area contributed by atoms with Crippen LogP contribution in [0, 0.1) is 12.8 Å². The molecule has 118 valence electrons. The van der Waals surface area contributed by atoms with Crippen molar-refractivity contribution < 1.29 is 0 Å². The molecule has 1 aromatic rings. The number of nitrogens with two attached hydrogens (primary N) is 1. The Balaban J connectivity index is 1.71. The number of fused-ring (bicyclic) bond motifs is 2. The summed E-state index contributed by atoms with van der Waals surface area (Å²) in [5, 5.41) is 4.56. The van der Waals surface area contributed by atoms with Crippen LogP contribution in [0.2, 0.25) is 0 Å². The second-order valence-corrected chi connectivity index (χ2v) is 6.85. The van der Waals surface area contributed by atoms with Gasteiger partial charge in [0.2, 0.25) is 0 Å². The van der Waals surface area contributed by atoms with Crippen molar-refractivity contribution in [2.24, 2.45) is 11.8 Å². The van der Waals surface area contributed by atoms with Crippen LogP contribution in [-0.2, 0) is 13.0 Å². The summed E-state index contributed by atoms with van der Waals surface area (Å²) in [5.74, 6) is 6.59. The van der Waals surface area contributed by atoms with Crippen LogP contribution in [0.5, 0.6) is 0 Å². The molecular weight excluding hydrogens is 262 g/mol. The molecule has 2 aliphatic heterocycles.